The first-order chi connectivity index (χ1) is 16.6. The third kappa shape index (κ3) is 4.72. The van der Waals surface area contributed by atoms with Crippen LogP contribution in [0.25, 0.3) is 15.9 Å². The van der Waals surface area contributed by atoms with Gasteiger partial charge in [-0.15, -0.1) is 11.3 Å². The van der Waals surface area contributed by atoms with E-state index in [1.165, 1.54) is 23.1 Å². The smallest absolute Gasteiger partial charge is 0.267 e. The molecule has 1 aliphatic rings. The lowest BCUT2D eigenvalue weighted by Gasteiger charge is -2.28. The third-order valence-electron chi connectivity index (χ3n) is 5.64. The summed E-state index contributed by atoms with van der Waals surface area (Å²) in [4.78, 5) is 33.9. The molecule has 1 aliphatic heterocycles. The number of nitrogens with one attached hydrogen (secondary N) is 1. The van der Waals surface area contributed by atoms with Gasteiger partial charge in [-0.25, -0.2) is 4.98 Å². The molecule has 3 heterocycles. The van der Waals surface area contributed by atoms with Gasteiger partial charge in [0.25, 0.3) is 5.56 Å². The van der Waals surface area contributed by atoms with Gasteiger partial charge in [-0.2, -0.15) is 0 Å². The minimum atomic E-state index is -0.460. The lowest BCUT2D eigenvalue weighted by molar-refractivity contribution is -0.115. The van der Waals surface area contributed by atoms with E-state index in [-0.39, 0.29) is 11.5 Å². The summed E-state index contributed by atoms with van der Waals surface area (Å²) < 4.78 is 6.99. The highest BCUT2D eigenvalue weighted by Crippen LogP contribution is 2.28. The standard InChI is InChI=1S/C25H24N4O3S2/c1-17(22(30)26-18-7-9-19(10-8-18)28-12-14-32-15-13-28)34-25-27-23-21(11-16-33-23)24(31)29(25)20-5-3-2-4-6-20/h2-11,16-17H,12-15H2,1H3,(H,26,30). The van der Waals surface area contributed by atoms with Crippen LogP contribution in [0, 0.1) is 0 Å². The van der Waals surface area contributed by atoms with Gasteiger partial charge in [-0.05, 0) is 54.8 Å². The van der Waals surface area contributed by atoms with Crippen LogP contribution in [0.1, 0.15) is 6.92 Å². The first-order valence-corrected chi connectivity index (χ1v) is 12.8. The van der Waals surface area contributed by atoms with Crippen LogP contribution in [0.2, 0.25) is 0 Å². The van der Waals surface area contributed by atoms with E-state index >= 15 is 0 Å². The molecule has 7 nitrogen and oxygen atoms in total. The molecule has 0 saturated carbocycles. The van der Waals surface area contributed by atoms with Crippen molar-refractivity contribution >= 4 is 50.6 Å². The lowest BCUT2D eigenvalue weighted by atomic mass is 10.2. The number of carbonyl (C=O) groups is 1. The van der Waals surface area contributed by atoms with Crippen LogP contribution in [0.5, 0.6) is 0 Å². The number of thiophene rings is 1. The molecular formula is C25H24N4O3S2. The normalized spacial score (nSPS) is 14.8. The number of nitrogens with zero attached hydrogens (tertiary/aromatic N) is 3. The molecule has 1 saturated heterocycles. The second kappa shape index (κ2) is 10.0. The van der Waals surface area contributed by atoms with Gasteiger partial charge in [0.1, 0.15) is 4.83 Å². The summed E-state index contributed by atoms with van der Waals surface area (Å²) in [6.45, 7) is 5.01. The number of amides is 1. The zero-order chi connectivity index (χ0) is 23.5. The molecule has 2 aromatic carbocycles. The first kappa shape index (κ1) is 22.6. The van der Waals surface area contributed by atoms with E-state index < -0.39 is 5.25 Å². The van der Waals surface area contributed by atoms with E-state index in [4.69, 9.17) is 9.72 Å². The van der Waals surface area contributed by atoms with E-state index in [9.17, 15) is 9.59 Å². The van der Waals surface area contributed by atoms with Crippen molar-refractivity contribution in [2.45, 2.75) is 17.3 Å². The number of morpholine rings is 1. The molecule has 1 fully saturated rings. The minimum Gasteiger partial charge on any atom is -0.378 e. The van der Waals surface area contributed by atoms with E-state index in [1.807, 2.05) is 66.9 Å². The Balaban J connectivity index is 1.35. The van der Waals surface area contributed by atoms with Crippen molar-refractivity contribution in [1.29, 1.82) is 0 Å². The Morgan fingerprint density at radius 2 is 1.79 bits per heavy atom. The Morgan fingerprint density at radius 1 is 1.06 bits per heavy atom. The Hall–Kier alpha value is -3.14. The van der Waals surface area contributed by atoms with Crippen molar-refractivity contribution in [2.24, 2.45) is 0 Å². The average Bonchev–Trinajstić information content (AvgIpc) is 3.35. The number of rotatable bonds is 6. The van der Waals surface area contributed by atoms with Crippen LogP contribution >= 0.6 is 23.1 Å². The van der Waals surface area contributed by atoms with Gasteiger partial charge < -0.3 is 15.0 Å². The van der Waals surface area contributed by atoms with Gasteiger partial charge in [0.2, 0.25) is 5.91 Å². The summed E-state index contributed by atoms with van der Waals surface area (Å²) in [5.41, 5.74) is 2.44. The SMILES string of the molecule is CC(Sc1nc2sccc2c(=O)n1-c1ccccc1)C(=O)Nc1ccc(N2CCOCC2)cc1. The number of fused-ring (bicyclic) bond motifs is 1. The maximum Gasteiger partial charge on any atom is 0.267 e. The molecular weight excluding hydrogens is 468 g/mol. The molecule has 174 valence electrons. The van der Waals surface area contributed by atoms with Crippen molar-refractivity contribution in [3.05, 3.63) is 76.4 Å². The summed E-state index contributed by atoms with van der Waals surface area (Å²) in [5, 5.41) is 5.46. The largest absolute Gasteiger partial charge is 0.378 e. The van der Waals surface area contributed by atoms with Gasteiger partial charge in [0, 0.05) is 24.5 Å². The molecule has 34 heavy (non-hydrogen) atoms. The van der Waals surface area contributed by atoms with Crippen LogP contribution in [0.15, 0.2) is 76.0 Å². The Bertz CT molecular complexity index is 1350. The number of aromatic nitrogens is 2. The molecule has 4 aromatic rings. The summed E-state index contributed by atoms with van der Waals surface area (Å²) >= 11 is 2.70. The van der Waals surface area contributed by atoms with Gasteiger partial charge in [0.15, 0.2) is 5.16 Å². The average molecular weight is 493 g/mol. The number of thioether (sulfide) groups is 1. The monoisotopic (exact) mass is 492 g/mol. The highest BCUT2D eigenvalue weighted by molar-refractivity contribution is 8.00. The van der Waals surface area contributed by atoms with E-state index in [2.05, 4.69) is 10.2 Å². The molecule has 0 bridgehead atoms. The van der Waals surface area contributed by atoms with Gasteiger partial charge in [-0.3, -0.25) is 14.2 Å². The molecule has 1 N–H and O–H groups in total. The van der Waals surface area contributed by atoms with Crippen LogP contribution in [-0.2, 0) is 9.53 Å². The lowest BCUT2D eigenvalue weighted by Crippen LogP contribution is -2.36. The zero-order valence-corrected chi connectivity index (χ0v) is 20.3. The van der Waals surface area contributed by atoms with Crippen molar-refractivity contribution in [2.75, 3.05) is 36.5 Å². The fourth-order valence-corrected chi connectivity index (χ4v) is 5.54. The van der Waals surface area contributed by atoms with Gasteiger partial charge in [-0.1, -0.05) is 30.0 Å². The van der Waals surface area contributed by atoms with Crippen LogP contribution < -0.4 is 15.8 Å². The molecule has 5 rings (SSSR count). The topological polar surface area (TPSA) is 76.5 Å². The maximum atomic E-state index is 13.2. The zero-order valence-electron chi connectivity index (χ0n) is 18.6. The number of anilines is 2. The molecule has 9 heteroatoms. The Labute approximate surface area is 205 Å². The van der Waals surface area contributed by atoms with Crippen molar-refractivity contribution in [3.8, 4) is 5.69 Å². The summed E-state index contributed by atoms with van der Waals surface area (Å²) in [5.74, 6) is -0.149. The number of carbonyl (C=O) groups excluding carboxylic acids is 1. The third-order valence-corrected chi connectivity index (χ3v) is 7.50. The molecule has 2 aromatic heterocycles. The highest BCUT2D eigenvalue weighted by Gasteiger charge is 2.21. The predicted octanol–water partition coefficient (Wildman–Crippen LogP) is 4.40. The van der Waals surface area contributed by atoms with Crippen LogP contribution in [0.4, 0.5) is 11.4 Å². The van der Waals surface area contributed by atoms with E-state index in [0.29, 0.717) is 15.4 Å². The van der Waals surface area contributed by atoms with Crippen molar-refractivity contribution in [3.63, 3.8) is 0 Å². The molecule has 1 unspecified atom stereocenters. The van der Waals surface area contributed by atoms with E-state index in [1.54, 1.807) is 10.6 Å². The number of hydrogen-bond acceptors (Lipinski definition) is 7. The predicted molar refractivity (Wildman–Crippen MR) is 139 cm³/mol. The Kier molecular flexibility index (Phi) is 6.66. The van der Waals surface area contributed by atoms with Crippen LogP contribution in [0.3, 0.4) is 0 Å². The number of para-hydroxylation sites is 1. The second-order valence-electron chi connectivity index (χ2n) is 7.91. The minimum absolute atomic E-state index is 0.133. The molecule has 1 atom stereocenters. The fourth-order valence-electron chi connectivity index (χ4n) is 3.81. The second-order valence-corrected chi connectivity index (χ2v) is 10.1. The number of hydrogen-bond donors (Lipinski definition) is 1. The number of benzene rings is 2. The van der Waals surface area contributed by atoms with Gasteiger partial charge in [0.05, 0.1) is 29.5 Å². The summed E-state index contributed by atoms with van der Waals surface area (Å²) in [6, 6.07) is 19.0. The van der Waals surface area contributed by atoms with Crippen molar-refractivity contribution in [1.82, 2.24) is 9.55 Å². The fraction of sp³-hybridized carbons (Fsp3) is 0.240. The number of ether oxygens (including phenoxy) is 1. The van der Waals surface area contributed by atoms with Crippen molar-refractivity contribution < 1.29 is 9.53 Å². The summed E-state index contributed by atoms with van der Waals surface area (Å²) in [7, 11) is 0. The molecule has 0 aliphatic carbocycles. The summed E-state index contributed by atoms with van der Waals surface area (Å²) in [6.07, 6.45) is 0. The first-order valence-electron chi connectivity index (χ1n) is 11.1. The van der Waals surface area contributed by atoms with E-state index in [0.717, 1.165) is 43.4 Å². The van der Waals surface area contributed by atoms with Gasteiger partial charge >= 0.3 is 0 Å². The molecule has 0 radical (unpaired) electrons. The molecule has 0 spiro atoms. The maximum absolute atomic E-state index is 13.2. The highest BCUT2D eigenvalue weighted by atomic mass is 32.2. The quantitative estimate of drug-likeness (QED) is 0.318. The van der Waals surface area contributed by atoms with Crippen LogP contribution in [-0.4, -0.2) is 47.0 Å². The Morgan fingerprint density at radius 3 is 2.53 bits per heavy atom. The molecule has 1 amide bonds.